The second kappa shape index (κ2) is 10.5. The summed E-state index contributed by atoms with van der Waals surface area (Å²) in [5.74, 6) is 0.750. The highest BCUT2D eigenvalue weighted by atomic mass is 16.5. The van der Waals surface area contributed by atoms with Crippen LogP contribution in [0.4, 0.5) is 0 Å². The number of ether oxygens (including phenoxy) is 1. The lowest BCUT2D eigenvalue weighted by Gasteiger charge is -2.51. The first-order valence-electron chi connectivity index (χ1n) is 13.6. The number of benzene rings is 3. The fraction of sp³-hybridized carbons (Fsp3) is 0.333. The van der Waals surface area contributed by atoms with Crippen LogP contribution < -0.4 is 0 Å². The maximum absolute atomic E-state index is 14.2. The molecule has 0 N–H and O–H groups in total. The van der Waals surface area contributed by atoms with E-state index in [0.717, 1.165) is 53.0 Å². The van der Waals surface area contributed by atoms with E-state index >= 15 is 0 Å². The van der Waals surface area contributed by atoms with Crippen molar-refractivity contribution in [2.24, 2.45) is 11.8 Å². The lowest BCUT2D eigenvalue weighted by atomic mass is 9.72. The van der Waals surface area contributed by atoms with E-state index in [1.807, 2.05) is 85.1 Å². The summed E-state index contributed by atoms with van der Waals surface area (Å²) in [6, 6.07) is 30.4. The van der Waals surface area contributed by atoms with E-state index in [2.05, 4.69) is 28.9 Å². The molecule has 3 aromatic carbocycles. The minimum absolute atomic E-state index is 0.170. The number of nitrogens with zero attached hydrogens (tertiary/aromatic N) is 2. The Balaban J connectivity index is 1.41. The van der Waals surface area contributed by atoms with Crippen molar-refractivity contribution in [3.05, 3.63) is 114 Å². The van der Waals surface area contributed by atoms with Crippen molar-refractivity contribution < 1.29 is 9.53 Å². The van der Waals surface area contributed by atoms with Gasteiger partial charge in [0.15, 0.2) is 0 Å². The van der Waals surface area contributed by atoms with Crippen LogP contribution >= 0.6 is 0 Å². The van der Waals surface area contributed by atoms with Gasteiger partial charge in [-0.05, 0) is 54.5 Å². The molecule has 0 saturated carbocycles. The zero-order valence-corrected chi connectivity index (χ0v) is 21.4. The summed E-state index contributed by atoms with van der Waals surface area (Å²) in [6.07, 6.45) is 5.02. The fourth-order valence-corrected chi connectivity index (χ4v) is 6.62. The maximum atomic E-state index is 14.2. The third-order valence-electron chi connectivity index (χ3n) is 8.54. The zero-order valence-electron chi connectivity index (χ0n) is 21.4. The van der Waals surface area contributed by atoms with E-state index in [4.69, 9.17) is 4.74 Å². The monoisotopic (exact) mass is 490 g/mol. The number of fused-ring (bicyclic) bond motifs is 4. The number of rotatable bonds is 7. The summed E-state index contributed by atoms with van der Waals surface area (Å²) in [4.78, 5) is 21.4. The third kappa shape index (κ3) is 4.67. The molecule has 37 heavy (non-hydrogen) atoms. The van der Waals surface area contributed by atoms with Crippen LogP contribution in [0.5, 0.6) is 0 Å². The Morgan fingerprint density at radius 1 is 0.946 bits per heavy atom. The Morgan fingerprint density at radius 2 is 1.62 bits per heavy atom. The van der Waals surface area contributed by atoms with Crippen molar-refractivity contribution in [1.29, 1.82) is 0 Å². The molecule has 0 spiro atoms. The van der Waals surface area contributed by atoms with Crippen molar-refractivity contribution in [1.82, 2.24) is 9.88 Å². The Hall–Kier alpha value is -3.50. The van der Waals surface area contributed by atoms with Gasteiger partial charge in [0.1, 0.15) is 12.0 Å². The predicted octanol–water partition coefficient (Wildman–Crippen LogP) is 6.77. The molecular weight excluding hydrogens is 456 g/mol. The van der Waals surface area contributed by atoms with Gasteiger partial charge in [-0.2, -0.15) is 0 Å². The van der Waals surface area contributed by atoms with Gasteiger partial charge in [0.25, 0.3) is 0 Å². The summed E-state index contributed by atoms with van der Waals surface area (Å²) in [5, 5.41) is 1.06. The van der Waals surface area contributed by atoms with Crippen molar-refractivity contribution >= 4 is 16.9 Å². The molecule has 0 aliphatic carbocycles. The molecule has 0 radical (unpaired) electrons. The first-order chi connectivity index (χ1) is 18.2. The van der Waals surface area contributed by atoms with E-state index in [1.54, 1.807) is 0 Å². The first kappa shape index (κ1) is 23.9. The van der Waals surface area contributed by atoms with Gasteiger partial charge in [-0.3, -0.25) is 14.7 Å². The smallest absolute Gasteiger partial charge is 0.318 e. The van der Waals surface area contributed by atoms with Crippen LogP contribution in [0.1, 0.15) is 54.9 Å². The molecule has 3 fully saturated rings. The average Bonchev–Trinajstić information content (AvgIpc) is 2.97. The van der Waals surface area contributed by atoms with E-state index < -0.39 is 5.92 Å². The fourth-order valence-electron chi connectivity index (χ4n) is 6.62. The van der Waals surface area contributed by atoms with Gasteiger partial charge in [0.05, 0.1) is 11.6 Å². The minimum atomic E-state index is -0.475. The summed E-state index contributed by atoms with van der Waals surface area (Å²) in [7, 11) is 0. The molecule has 5 atom stereocenters. The molecular formula is C33H34N2O2. The van der Waals surface area contributed by atoms with E-state index in [9.17, 15) is 4.79 Å². The Kier molecular flexibility index (Phi) is 6.75. The van der Waals surface area contributed by atoms with Gasteiger partial charge in [-0.25, -0.2) is 0 Å². The van der Waals surface area contributed by atoms with Gasteiger partial charge in [0.2, 0.25) is 0 Å². The molecule has 4 nitrogen and oxygen atoms in total. The molecule has 1 aromatic heterocycles. The number of carbonyl (C=O) groups is 1. The van der Waals surface area contributed by atoms with Gasteiger partial charge < -0.3 is 4.74 Å². The third-order valence-corrected chi connectivity index (χ3v) is 8.54. The SMILES string of the molecule is CCC1CN2CCC1CC2C(OC(=O)C(c1ccccc1)c1ccccc1)c1ccnc2ccccc12. The van der Waals surface area contributed by atoms with Crippen molar-refractivity contribution in [3.63, 3.8) is 0 Å². The number of pyridine rings is 1. The molecule has 3 saturated heterocycles. The summed E-state index contributed by atoms with van der Waals surface area (Å²) >= 11 is 0. The molecule has 2 bridgehead atoms. The molecule has 3 aliphatic rings. The number of piperidine rings is 3. The van der Waals surface area contributed by atoms with Gasteiger partial charge >= 0.3 is 5.97 Å². The first-order valence-corrected chi connectivity index (χ1v) is 13.6. The topological polar surface area (TPSA) is 42.4 Å². The second-order valence-electron chi connectivity index (χ2n) is 10.5. The predicted molar refractivity (Wildman–Crippen MR) is 147 cm³/mol. The Labute approximate surface area is 219 Å². The minimum Gasteiger partial charge on any atom is -0.455 e. The highest BCUT2D eigenvalue weighted by Gasteiger charge is 2.45. The van der Waals surface area contributed by atoms with Crippen LogP contribution in [0.2, 0.25) is 0 Å². The van der Waals surface area contributed by atoms with E-state index in [1.165, 1.54) is 12.8 Å². The largest absolute Gasteiger partial charge is 0.455 e. The Bertz CT molecular complexity index is 1310. The molecule has 5 unspecified atom stereocenters. The summed E-state index contributed by atoms with van der Waals surface area (Å²) in [6.45, 7) is 4.47. The van der Waals surface area contributed by atoms with Gasteiger partial charge in [-0.15, -0.1) is 0 Å². The highest BCUT2D eigenvalue weighted by Crippen LogP contribution is 2.44. The summed E-state index contributed by atoms with van der Waals surface area (Å²) in [5.41, 5.74) is 3.90. The van der Waals surface area contributed by atoms with Crippen molar-refractivity contribution in [2.75, 3.05) is 13.1 Å². The van der Waals surface area contributed by atoms with Crippen LogP contribution in [-0.2, 0) is 9.53 Å². The van der Waals surface area contributed by atoms with Crippen molar-refractivity contribution in [3.8, 4) is 0 Å². The lowest BCUT2D eigenvalue weighted by Crippen LogP contribution is -2.55. The lowest BCUT2D eigenvalue weighted by molar-refractivity contribution is -0.158. The number of hydrogen-bond acceptors (Lipinski definition) is 4. The van der Waals surface area contributed by atoms with E-state index in [0.29, 0.717) is 5.92 Å². The van der Waals surface area contributed by atoms with Crippen LogP contribution in [0.25, 0.3) is 10.9 Å². The standard InChI is InChI=1S/C33H34N2O2/c1-2-23-22-35-20-18-26(23)21-30(35)32(28-17-19-34-29-16-10-9-15-27(28)29)37-33(36)31(24-11-5-3-6-12-24)25-13-7-4-8-14-25/h3-17,19,23,26,30-32H,2,18,20-22H2,1H3. The quantitative estimate of drug-likeness (QED) is 0.268. The van der Waals surface area contributed by atoms with Crippen LogP contribution in [0, 0.1) is 11.8 Å². The van der Waals surface area contributed by atoms with Gasteiger partial charge in [0, 0.05) is 23.7 Å². The number of esters is 1. The van der Waals surface area contributed by atoms with Crippen molar-refractivity contribution in [2.45, 2.75) is 44.2 Å². The van der Waals surface area contributed by atoms with Crippen LogP contribution in [-0.4, -0.2) is 35.0 Å². The number of aromatic nitrogens is 1. The number of hydrogen-bond donors (Lipinski definition) is 0. The molecule has 0 amide bonds. The maximum Gasteiger partial charge on any atom is 0.318 e. The molecule has 188 valence electrons. The molecule has 4 heteroatoms. The average molecular weight is 491 g/mol. The van der Waals surface area contributed by atoms with E-state index in [-0.39, 0.29) is 18.1 Å². The molecule has 7 rings (SSSR count). The van der Waals surface area contributed by atoms with Gasteiger partial charge in [-0.1, -0.05) is 92.2 Å². The number of carbonyl (C=O) groups excluding carboxylic acids is 1. The highest BCUT2D eigenvalue weighted by molar-refractivity contribution is 5.85. The number of para-hydroxylation sites is 1. The molecule has 4 heterocycles. The van der Waals surface area contributed by atoms with Crippen LogP contribution in [0.3, 0.4) is 0 Å². The second-order valence-corrected chi connectivity index (χ2v) is 10.5. The molecule has 4 aromatic rings. The Morgan fingerprint density at radius 3 is 2.27 bits per heavy atom. The zero-order chi connectivity index (χ0) is 25.2. The normalized spacial score (nSPS) is 23.7. The molecule has 3 aliphatic heterocycles. The summed E-state index contributed by atoms with van der Waals surface area (Å²) < 4.78 is 6.67. The van der Waals surface area contributed by atoms with Crippen LogP contribution in [0.15, 0.2) is 97.2 Å².